The molecule has 0 aliphatic carbocycles. The molecule has 2 heterocycles. The third-order valence-electron chi connectivity index (χ3n) is 1.89. The first kappa shape index (κ1) is 9.02. The Bertz CT molecular complexity index is 487. The summed E-state index contributed by atoms with van der Waals surface area (Å²) in [5, 5.41) is 0. The van der Waals surface area contributed by atoms with E-state index < -0.39 is 0 Å². The Balaban J connectivity index is 2.56. The van der Waals surface area contributed by atoms with Crippen molar-refractivity contribution in [2.75, 3.05) is 0 Å². The second-order valence-electron chi connectivity index (χ2n) is 2.96. The Hall–Kier alpha value is -1.55. The van der Waals surface area contributed by atoms with Crippen LogP contribution in [0.25, 0.3) is 11.3 Å². The largest absolute Gasteiger partial charge is 0.350 e. The van der Waals surface area contributed by atoms with E-state index in [4.69, 9.17) is 12.2 Å². The van der Waals surface area contributed by atoms with Crippen LogP contribution in [0.5, 0.6) is 0 Å². The van der Waals surface area contributed by atoms with Crippen LogP contribution >= 0.6 is 12.2 Å². The lowest BCUT2D eigenvalue weighted by atomic mass is 10.2. The van der Waals surface area contributed by atoms with Crippen molar-refractivity contribution in [1.29, 1.82) is 0 Å². The van der Waals surface area contributed by atoms with Gasteiger partial charge in [-0.2, -0.15) is 0 Å². The Morgan fingerprint density at radius 2 is 2.14 bits per heavy atom. The maximum atomic E-state index is 5.12. The number of H-pyrrole nitrogens is 1. The van der Waals surface area contributed by atoms with Crippen molar-refractivity contribution >= 4 is 12.2 Å². The first-order valence-electron chi connectivity index (χ1n) is 4.24. The molecule has 0 aromatic carbocycles. The van der Waals surface area contributed by atoms with Crippen LogP contribution in [0.4, 0.5) is 0 Å². The summed E-state index contributed by atoms with van der Waals surface area (Å²) < 4.78 is 0.637. The molecule has 4 heteroatoms. The highest BCUT2D eigenvalue weighted by atomic mass is 32.1. The van der Waals surface area contributed by atoms with Crippen LogP contribution < -0.4 is 0 Å². The van der Waals surface area contributed by atoms with E-state index in [0.29, 0.717) is 4.64 Å². The van der Waals surface area contributed by atoms with Crippen molar-refractivity contribution in [3.8, 4) is 11.3 Å². The minimum absolute atomic E-state index is 0.637. The smallest absolute Gasteiger partial charge is 0.129 e. The van der Waals surface area contributed by atoms with Crippen LogP contribution in [0, 0.1) is 11.6 Å². The molecular weight excluding hydrogens is 194 g/mol. The maximum Gasteiger partial charge on any atom is 0.129 e. The van der Waals surface area contributed by atoms with Crippen LogP contribution in [-0.4, -0.2) is 15.0 Å². The fraction of sp³-hybridized carbons (Fsp3) is 0.100. The summed E-state index contributed by atoms with van der Waals surface area (Å²) >= 11 is 5.12. The number of aromatic nitrogens is 3. The second-order valence-corrected chi connectivity index (χ2v) is 3.36. The van der Waals surface area contributed by atoms with Crippen LogP contribution in [0.3, 0.4) is 0 Å². The van der Waals surface area contributed by atoms with Gasteiger partial charge in [-0.1, -0.05) is 12.2 Å². The molecule has 0 atom stereocenters. The lowest BCUT2D eigenvalue weighted by Gasteiger charge is -1.99. The fourth-order valence-corrected chi connectivity index (χ4v) is 1.40. The molecular formula is C10H9N3S. The van der Waals surface area contributed by atoms with E-state index in [1.54, 1.807) is 18.6 Å². The number of hydrogen-bond donors (Lipinski definition) is 1. The van der Waals surface area contributed by atoms with E-state index in [1.165, 1.54) is 0 Å². The number of nitrogens with one attached hydrogen (secondary N) is 1. The van der Waals surface area contributed by atoms with Gasteiger partial charge in [-0.3, -0.25) is 9.97 Å². The van der Waals surface area contributed by atoms with E-state index >= 15 is 0 Å². The highest BCUT2D eigenvalue weighted by molar-refractivity contribution is 7.71. The quantitative estimate of drug-likeness (QED) is 0.724. The third-order valence-corrected chi connectivity index (χ3v) is 2.20. The third kappa shape index (κ3) is 1.70. The van der Waals surface area contributed by atoms with Gasteiger partial charge in [-0.05, 0) is 19.1 Å². The molecule has 0 bridgehead atoms. The predicted molar refractivity (Wildman–Crippen MR) is 57.4 cm³/mol. The molecule has 70 valence electrons. The zero-order valence-corrected chi connectivity index (χ0v) is 8.51. The van der Waals surface area contributed by atoms with Crippen molar-refractivity contribution in [2.45, 2.75) is 6.92 Å². The zero-order valence-electron chi connectivity index (χ0n) is 7.69. The Morgan fingerprint density at radius 1 is 1.29 bits per heavy atom. The predicted octanol–water partition coefficient (Wildman–Crippen LogP) is 2.51. The van der Waals surface area contributed by atoms with Gasteiger partial charge in [0.25, 0.3) is 0 Å². The number of pyridine rings is 1. The van der Waals surface area contributed by atoms with Gasteiger partial charge in [0, 0.05) is 29.8 Å². The summed E-state index contributed by atoms with van der Waals surface area (Å²) in [6, 6.07) is 3.91. The molecule has 2 rings (SSSR count). The van der Waals surface area contributed by atoms with Crippen molar-refractivity contribution in [3.05, 3.63) is 41.1 Å². The van der Waals surface area contributed by atoms with E-state index in [2.05, 4.69) is 15.0 Å². The molecule has 3 nitrogen and oxygen atoms in total. The molecule has 0 fully saturated rings. The van der Waals surface area contributed by atoms with Crippen molar-refractivity contribution in [3.63, 3.8) is 0 Å². The molecule has 0 saturated carbocycles. The minimum atomic E-state index is 0.637. The van der Waals surface area contributed by atoms with Gasteiger partial charge in [0.1, 0.15) is 10.3 Å². The van der Waals surface area contributed by atoms with Gasteiger partial charge in [-0.25, -0.2) is 0 Å². The van der Waals surface area contributed by atoms with Crippen molar-refractivity contribution in [2.24, 2.45) is 0 Å². The summed E-state index contributed by atoms with van der Waals surface area (Å²) in [5.41, 5.74) is 2.70. The molecule has 0 unspecified atom stereocenters. The van der Waals surface area contributed by atoms with Crippen LogP contribution in [0.15, 0.2) is 30.7 Å². The summed E-state index contributed by atoms with van der Waals surface area (Å²) in [6.07, 6.45) is 5.18. The summed E-state index contributed by atoms with van der Waals surface area (Å²) in [5.74, 6) is 0. The molecule has 0 amide bonds. The number of aromatic amines is 1. The normalized spacial score (nSPS) is 10.1. The maximum absolute atomic E-state index is 5.12. The first-order chi connectivity index (χ1) is 6.77. The lowest BCUT2D eigenvalue weighted by Crippen LogP contribution is -1.88. The van der Waals surface area contributed by atoms with Gasteiger partial charge in [0.15, 0.2) is 0 Å². The van der Waals surface area contributed by atoms with E-state index in [0.717, 1.165) is 17.0 Å². The number of nitrogens with zero attached hydrogens (tertiary/aromatic N) is 2. The SMILES string of the molecule is Cc1ccc(-c2ncc[nH]c2=S)cn1. The summed E-state index contributed by atoms with van der Waals surface area (Å²) in [4.78, 5) is 11.3. The highest BCUT2D eigenvalue weighted by Gasteiger charge is 2.00. The fourth-order valence-electron chi connectivity index (χ4n) is 1.17. The Labute approximate surface area is 86.9 Å². The first-order valence-corrected chi connectivity index (χ1v) is 4.65. The molecule has 0 saturated heterocycles. The molecule has 14 heavy (non-hydrogen) atoms. The highest BCUT2D eigenvalue weighted by Crippen LogP contribution is 2.15. The van der Waals surface area contributed by atoms with Gasteiger partial charge in [0.05, 0.1) is 0 Å². The van der Waals surface area contributed by atoms with Gasteiger partial charge < -0.3 is 4.98 Å². The topological polar surface area (TPSA) is 41.6 Å². The summed E-state index contributed by atoms with van der Waals surface area (Å²) in [7, 11) is 0. The van der Waals surface area contributed by atoms with Crippen LogP contribution in [-0.2, 0) is 0 Å². The van der Waals surface area contributed by atoms with Crippen molar-refractivity contribution < 1.29 is 0 Å². The van der Waals surface area contributed by atoms with Crippen LogP contribution in [0.2, 0.25) is 0 Å². The van der Waals surface area contributed by atoms with Crippen molar-refractivity contribution in [1.82, 2.24) is 15.0 Å². The Morgan fingerprint density at radius 3 is 2.79 bits per heavy atom. The summed E-state index contributed by atoms with van der Waals surface area (Å²) in [6.45, 7) is 1.95. The molecule has 0 aliphatic rings. The van der Waals surface area contributed by atoms with E-state index in [1.807, 2.05) is 19.1 Å². The Kier molecular flexibility index (Phi) is 2.37. The molecule has 1 N–H and O–H groups in total. The number of aryl methyl sites for hydroxylation is 1. The minimum Gasteiger partial charge on any atom is -0.350 e. The molecule has 2 aromatic rings. The average Bonchev–Trinajstić information content (AvgIpc) is 2.20. The second kappa shape index (κ2) is 3.67. The van der Waals surface area contributed by atoms with Gasteiger partial charge >= 0.3 is 0 Å². The molecule has 0 spiro atoms. The van der Waals surface area contributed by atoms with Gasteiger partial charge in [0.2, 0.25) is 0 Å². The van der Waals surface area contributed by atoms with Gasteiger partial charge in [-0.15, -0.1) is 0 Å². The molecule has 2 aromatic heterocycles. The van der Waals surface area contributed by atoms with E-state index in [9.17, 15) is 0 Å². The van der Waals surface area contributed by atoms with E-state index in [-0.39, 0.29) is 0 Å². The average molecular weight is 203 g/mol. The lowest BCUT2D eigenvalue weighted by molar-refractivity contribution is 1.16. The molecule has 0 radical (unpaired) electrons. The number of rotatable bonds is 1. The standard InChI is InChI=1S/C10H9N3S/c1-7-2-3-8(6-13-7)9-10(14)12-5-4-11-9/h2-6H,1H3,(H,12,14). The zero-order chi connectivity index (χ0) is 9.97. The monoisotopic (exact) mass is 203 g/mol. The van der Waals surface area contributed by atoms with Crippen LogP contribution in [0.1, 0.15) is 5.69 Å². The molecule has 0 aliphatic heterocycles. The number of hydrogen-bond acceptors (Lipinski definition) is 3.